The molecule has 0 aliphatic heterocycles. The van der Waals surface area contributed by atoms with Gasteiger partial charge in [0.2, 0.25) is 5.89 Å². The van der Waals surface area contributed by atoms with Crippen molar-refractivity contribution in [2.75, 3.05) is 5.32 Å². The SMILES string of the molecule is CC(Cl)c1nnc(Nc2ccc(Br)cc2Br)o1. The van der Waals surface area contributed by atoms with Crippen LogP contribution in [0.4, 0.5) is 11.7 Å². The Morgan fingerprint density at radius 1 is 1.35 bits per heavy atom. The molecule has 0 saturated heterocycles. The van der Waals surface area contributed by atoms with Crippen LogP contribution in [-0.2, 0) is 0 Å². The Labute approximate surface area is 120 Å². The van der Waals surface area contributed by atoms with Crippen molar-refractivity contribution < 1.29 is 4.42 Å². The van der Waals surface area contributed by atoms with Gasteiger partial charge in [-0.05, 0) is 41.1 Å². The molecule has 1 unspecified atom stereocenters. The van der Waals surface area contributed by atoms with Crippen molar-refractivity contribution in [3.8, 4) is 0 Å². The second kappa shape index (κ2) is 5.37. The summed E-state index contributed by atoms with van der Waals surface area (Å²) in [6.45, 7) is 1.77. The summed E-state index contributed by atoms with van der Waals surface area (Å²) in [5, 5.41) is 10.4. The van der Waals surface area contributed by atoms with Gasteiger partial charge in [-0.15, -0.1) is 16.7 Å². The fraction of sp³-hybridized carbons (Fsp3) is 0.200. The first-order chi connectivity index (χ1) is 8.06. The minimum atomic E-state index is -0.300. The number of nitrogens with zero attached hydrogens (tertiary/aromatic N) is 2. The van der Waals surface area contributed by atoms with E-state index in [-0.39, 0.29) is 5.38 Å². The zero-order valence-corrected chi connectivity index (χ0v) is 12.7. The van der Waals surface area contributed by atoms with Gasteiger partial charge in [-0.25, -0.2) is 0 Å². The van der Waals surface area contributed by atoms with Crippen LogP contribution in [0.15, 0.2) is 31.6 Å². The molecular formula is C10H8Br2ClN3O. The molecule has 0 amide bonds. The fourth-order valence-electron chi connectivity index (χ4n) is 1.15. The molecule has 0 aliphatic carbocycles. The number of rotatable bonds is 3. The van der Waals surface area contributed by atoms with E-state index >= 15 is 0 Å². The van der Waals surface area contributed by atoms with Gasteiger partial charge in [-0.2, -0.15) is 0 Å². The lowest BCUT2D eigenvalue weighted by Crippen LogP contribution is -1.91. The monoisotopic (exact) mass is 379 g/mol. The highest BCUT2D eigenvalue weighted by Crippen LogP contribution is 2.29. The van der Waals surface area contributed by atoms with Gasteiger partial charge < -0.3 is 9.73 Å². The van der Waals surface area contributed by atoms with Crippen LogP contribution in [0.25, 0.3) is 0 Å². The number of anilines is 2. The number of halogens is 3. The summed E-state index contributed by atoms with van der Waals surface area (Å²) in [6.07, 6.45) is 0. The number of aromatic nitrogens is 2. The highest BCUT2D eigenvalue weighted by Gasteiger charge is 2.11. The Kier molecular flexibility index (Phi) is 4.06. The lowest BCUT2D eigenvalue weighted by Gasteiger charge is -2.04. The summed E-state index contributed by atoms with van der Waals surface area (Å²) in [7, 11) is 0. The van der Waals surface area contributed by atoms with Crippen molar-refractivity contribution >= 4 is 55.2 Å². The van der Waals surface area contributed by atoms with Crippen LogP contribution in [-0.4, -0.2) is 10.2 Å². The number of hydrogen-bond acceptors (Lipinski definition) is 4. The average Bonchev–Trinajstić information content (AvgIpc) is 2.71. The average molecular weight is 381 g/mol. The second-order valence-electron chi connectivity index (χ2n) is 3.31. The molecule has 0 fully saturated rings. The van der Waals surface area contributed by atoms with E-state index in [1.807, 2.05) is 18.2 Å². The van der Waals surface area contributed by atoms with Crippen molar-refractivity contribution in [2.24, 2.45) is 0 Å². The van der Waals surface area contributed by atoms with Gasteiger partial charge in [0.1, 0.15) is 5.38 Å². The fourth-order valence-corrected chi connectivity index (χ4v) is 2.39. The van der Waals surface area contributed by atoms with E-state index in [0.29, 0.717) is 11.9 Å². The summed E-state index contributed by atoms with van der Waals surface area (Å²) >= 11 is 12.6. The lowest BCUT2D eigenvalue weighted by molar-refractivity contribution is 0.510. The quantitative estimate of drug-likeness (QED) is 0.787. The molecule has 0 spiro atoms. The third-order valence-corrected chi connectivity index (χ3v) is 3.29. The largest absolute Gasteiger partial charge is 0.406 e. The Bertz CT molecular complexity index is 530. The number of hydrogen-bond donors (Lipinski definition) is 1. The van der Waals surface area contributed by atoms with E-state index in [9.17, 15) is 0 Å². The molecule has 1 aromatic heterocycles. The number of nitrogens with one attached hydrogen (secondary N) is 1. The van der Waals surface area contributed by atoms with Gasteiger partial charge >= 0.3 is 6.01 Å². The predicted molar refractivity (Wildman–Crippen MR) is 73.7 cm³/mol. The van der Waals surface area contributed by atoms with Crippen molar-refractivity contribution in [3.63, 3.8) is 0 Å². The standard InChI is InChI=1S/C10H8Br2ClN3O/c1-5(13)9-15-16-10(17-9)14-8-3-2-6(11)4-7(8)12/h2-5H,1H3,(H,14,16). The molecule has 7 heteroatoms. The van der Waals surface area contributed by atoms with Gasteiger partial charge in [0.15, 0.2) is 0 Å². The molecule has 0 radical (unpaired) electrons. The summed E-state index contributed by atoms with van der Waals surface area (Å²) in [5.41, 5.74) is 0.839. The van der Waals surface area contributed by atoms with E-state index in [1.54, 1.807) is 6.92 Å². The Hall–Kier alpha value is -0.590. The van der Waals surface area contributed by atoms with Gasteiger partial charge in [0, 0.05) is 8.95 Å². The predicted octanol–water partition coefficient (Wildman–Crippen LogP) is 4.64. The van der Waals surface area contributed by atoms with Gasteiger partial charge in [-0.3, -0.25) is 0 Å². The van der Waals surface area contributed by atoms with Crippen LogP contribution < -0.4 is 5.32 Å². The summed E-state index contributed by atoms with van der Waals surface area (Å²) in [5.74, 6) is 0.391. The highest BCUT2D eigenvalue weighted by atomic mass is 79.9. The van der Waals surface area contributed by atoms with Crippen LogP contribution in [0.2, 0.25) is 0 Å². The van der Waals surface area contributed by atoms with Crippen molar-refractivity contribution in [3.05, 3.63) is 33.0 Å². The Balaban J connectivity index is 2.19. The summed E-state index contributed by atoms with van der Waals surface area (Å²) in [6, 6.07) is 6.04. The number of alkyl halides is 1. The van der Waals surface area contributed by atoms with Crippen LogP contribution in [0.3, 0.4) is 0 Å². The normalized spacial score (nSPS) is 12.5. The summed E-state index contributed by atoms with van der Waals surface area (Å²) < 4.78 is 7.21. The van der Waals surface area contributed by atoms with Crippen molar-refractivity contribution in [1.82, 2.24) is 10.2 Å². The van der Waals surface area contributed by atoms with Gasteiger partial charge in [0.05, 0.1) is 5.69 Å². The minimum Gasteiger partial charge on any atom is -0.406 e. The second-order valence-corrected chi connectivity index (χ2v) is 5.74. The molecule has 17 heavy (non-hydrogen) atoms. The molecule has 2 rings (SSSR count). The molecule has 1 aromatic carbocycles. The number of benzene rings is 1. The lowest BCUT2D eigenvalue weighted by atomic mass is 10.3. The molecule has 2 aromatic rings. The van der Waals surface area contributed by atoms with Gasteiger partial charge in [-0.1, -0.05) is 21.0 Å². The minimum absolute atomic E-state index is 0.300. The van der Waals surface area contributed by atoms with Crippen LogP contribution in [0.5, 0.6) is 0 Å². The maximum Gasteiger partial charge on any atom is 0.320 e. The maximum atomic E-state index is 5.83. The van der Waals surface area contributed by atoms with E-state index in [0.717, 1.165) is 14.6 Å². The molecular weight excluding hydrogens is 373 g/mol. The van der Waals surface area contributed by atoms with Gasteiger partial charge in [0.25, 0.3) is 0 Å². The molecule has 0 bridgehead atoms. The van der Waals surface area contributed by atoms with Crippen LogP contribution in [0.1, 0.15) is 18.2 Å². The first-order valence-electron chi connectivity index (χ1n) is 4.76. The smallest absolute Gasteiger partial charge is 0.320 e. The topological polar surface area (TPSA) is 51.0 Å². The zero-order chi connectivity index (χ0) is 12.4. The highest BCUT2D eigenvalue weighted by molar-refractivity contribution is 9.11. The Morgan fingerprint density at radius 2 is 2.12 bits per heavy atom. The Morgan fingerprint density at radius 3 is 2.71 bits per heavy atom. The van der Waals surface area contributed by atoms with Crippen LogP contribution >= 0.6 is 43.5 Å². The third-order valence-electron chi connectivity index (χ3n) is 1.95. The van der Waals surface area contributed by atoms with E-state index < -0.39 is 0 Å². The van der Waals surface area contributed by atoms with Crippen molar-refractivity contribution in [2.45, 2.75) is 12.3 Å². The first-order valence-corrected chi connectivity index (χ1v) is 6.78. The molecule has 1 N–H and O–H groups in total. The molecule has 0 saturated carbocycles. The molecule has 4 nitrogen and oxygen atoms in total. The van der Waals surface area contributed by atoms with Crippen LogP contribution in [0, 0.1) is 0 Å². The third kappa shape index (κ3) is 3.20. The summed E-state index contributed by atoms with van der Waals surface area (Å²) in [4.78, 5) is 0. The molecule has 1 heterocycles. The van der Waals surface area contributed by atoms with Crippen molar-refractivity contribution in [1.29, 1.82) is 0 Å². The maximum absolute atomic E-state index is 5.83. The molecule has 0 aliphatic rings. The molecule has 1 atom stereocenters. The van der Waals surface area contributed by atoms with E-state index in [2.05, 4.69) is 47.4 Å². The molecule has 90 valence electrons. The zero-order valence-electron chi connectivity index (χ0n) is 8.75. The van der Waals surface area contributed by atoms with E-state index in [1.165, 1.54) is 0 Å². The van der Waals surface area contributed by atoms with E-state index in [4.69, 9.17) is 16.0 Å². The first kappa shape index (κ1) is 12.9.